The first-order valence-electron chi connectivity index (χ1n) is 44.7. The van der Waals surface area contributed by atoms with Gasteiger partial charge >= 0.3 is 6.09 Å². The highest BCUT2D eigenvalue weighted by Gasteiger charge is 2.66. The van der Waals surface area contributed by atoms with E-state index in [2.05, 4.69) is 175 Å². The van der Waals surface area contributed by atoms with Gasteiger partial charge in [-0.25, -0.2) is 4.79 Å². The molecule has 0 bridgehead atoms. The maximum Gasteiger partial charge on any atom is 0.409 e. The van der Waals surface area contributed by atoms with Crippen LogP contribution in [-0.4, -0.2) is 121 Å². The number of likely N-dealkylation sites (tertiary alicyclic amines) is 4. The van der Waals surface area contributed by atoms with Crippen molar-refractivity contribution in [2.24, 2.45) is 120 Å². The summed E-state index contributed by atoms with van der Waals surface area (Å²) in [4.78, 5) is 75.5. The van der Waals surface area contributed by atoms with Crippen LogP contribution in [0.1, 0.15) is 258 Å². The highest BCUT2D eigenvalue weighted by atomic mass is 16.5. The lowest BCUT2D eigenvalue weighted by Gasteiger charge is -2.57. The van der Waals surface area contributed by atoms with E-state index in [1.165, 1.54) is 176 Å². The molecule has 13 fully saturated rings. The predicted octanol–water partition coefficient (Wildman–Crippen LogP) is 20.4. The minimum Gasteiger partial charge on any atom is -0.453 e. The van der Waals surface area contributed by atoms with E-state index < -0.39 is 0 Å². The van der Waals surface area contributed by atoms with E-state index in [-0.39, 0.29) is 16.9 Å². The summed E-state index contributed by atoms with van der Waals surface area (Å²) in [6.07, 6.45) is 59.5. The van der Waals surface area contributed by atoms with Crippen molar-refractivity contribution in [3.63, 3.8) is 0 Å². The van der Waals surface area contributed by atoms with Gasteiger partial charge in [0.15, 0.2) is 0 Å². The summed E-state index contributed by atoms with van der Waals surface area (Å²) in [6.45, 7) is 25.9. The first-order chi connectivity index (χ1) is 53.6. The lowest BCUT2D eigenvalue weighted by atomic mass is 9.48. The highest BCUT2D eigenvalue weighted by molar-refractivity contribution is 5.82. The Morgan fingerprint density at radius 1 is 0.396 bits per heavy atom. The quantitative estimate of drug-likeness (QED) is 0.165. The molecule has 21 rings (SSSR count). The molecule has 4 saturated heterocycles. The van der Waals surface area contributed by atoms with Crippen molar-refractivity contribution in [1.29, 1.82) is 0 Å². The van der Waals surface area contributed by atoms with Gasteiger partial charge in [-0.1, -0.05) is 111 Å². The summed E-state index contributed by atoms with van der Waals surface area (Å²) in [6, 6.07) is 19.1. The Hall–Kier alpha value is -6.76. The molecule has 4 aromatic rings. The third-order valence-corrected chi connectivity index (χ3v) is 37.0. The Labute approximate surface area is 664 Å². The number of aromatic nitrogens is 4. The number of allylic oxidation sites excluding steroid dienone is 8. The number of hydrogen-bond acceptors (Lipinski definition) is 9. The normalized spacial score (nSPS) is 42.7. The lowest BCUT2D eigenvalue weighted by Crippen LogP contribution is -2.54. The van der Waals surface area contributed by atoms with E-state index in [0.29, 0.717) is 80.8 Å². The van der Waals surface area contributed by atoms with Gasteiger partial charge in [0, 0.05) is 112 Å². The number of rotatable bonds is 7. The Bertz CT molecular complexity index is 4160. The van der Waals surface area contributed by atoms with Crippen molar-refractivity contribution in [2.75, 3.05) is 33.3 Å². The molecule has 17 aliphatic rings. The smallest absolute Gasteiger partial charge is 0.409 e. The Balaban J connectivity index is 0.000000104. The van der Waals surface area contributed by atoms with E-state index in [9.17, 15) is 19.2 Å². The number of pyridine rings is 4. The maximum atomic E-state index is 12.9. The van der Waals surface area contributed by atoms with Crippen molar-refractivity contribution in [1.82, 2.24) is 39.5 Å². The maximum absolute atomic E-state index is 12.9. The van der Waals surface area contributed by atoms with Crippen molar-refractivity contribution >= 4 is 46.6 Å². The first-order valence-corrected chi connectivity index (χ1v) is 44.7. The minimum absolute atomic E-state index is 0.130. The monoisotopic (exact) mass is 1500 g/mol. The number of ether oxygens (including phenoxy) is 1. The van der Waals surface area contributed by atoms with Crippen LogP contribution in [-0.2, 0) is 19.1 Å². The number of amides is 4. The number of hydrogen-bond donors (Lipinski definition) is 0. The molecule has 0 N–H and O–H groups in total. The topological polar surface area (TPSA) is 142 Å². The van der Waals surface area contributed by atoms with Gasteiger partial charge in [-0.05, 0) is 350 Å². The van der Waals surface area contributed by atoms with Gasteiger partial charge in [0.1, 0.15) is 0 Å². The molecule has 9 saturated carbocycles. The first kappa shape index (κ1) is 75.6. The molecular formula is C98H130N8O5. The largest absolute Gasteiger partial charge is 0.453 e. The van der Waals surface area contributed by atoms with Crippen LogP contribution in [0.15, 0.2) is 122 Å². The van der Waals surface area contributed by atoms with Gasteiger partial charge in [-0.3, -0.25) is 34.3 Å². The second-order valence-corrected chi connectivity index (χ2v) is 40.9. The highest BCUT2D eigenvalue weighted by Crippen LogP contribution is 2.72. The summed E-state index contributed by atoms with van der Waals surface area (Å²) in [5.74, 6) is 10.5. The van der Waals surface area contributed by atoms with Gasteiger partial charge < -0.3 is 24.3 Å². The molecule has 0 aromatic carbocycles. The second kappa shape index (κ2) is 28.6. The molecular weight excluding hydrogens is 1370 g/mol. The molecule has 24 atom stereocenters. The lowest BCUT2D eigenvalue weighted by molar-refractivity contribution is -0.138. The van der Waals surface area contributed by atoms with E-state index in [0.717, 1.165) is 129 Å². The molecule has 592 valence electrons. The molecule has 13 heteroatoms. The summed E-state index contributed by atoms with van der Waals surface area (Å²) in [5, 5.41) is 0. The van der Waals surface area contributed by atoms with Crippen LogP contribution in [0.25, 0.3) is 22.3 Å². The van der Waals surface area contributed by atoms with Gasteiger partial charge in [0.2, 0.25) is 18.2 Å². The van der Waals surface area contributed by atoms with Crippen molar-refractivity contribution in [3.05, 3.63) is 145 Å². The number of fused-ring (bicyclic) bond motifs is 20. The fourth-order valence-corrected chi connectivity index (χ4v) is 31.2. The SMILES string of the molecule is CCC(=O)N1CC[C@@]2(C)C1CC[C@@H]1[C@@H]2CC[C@]2(C)C(c3cccnc3)=CC[C@@H]12.COC(=O)N1CC[C@@]2(C)C1CC[C@@H]1[C@@H]2CC[C@]2(C)C(c3cccnc3)=CC[C@@H]12.C[C@]12CCN(C(=O)C3CC3)C1CC[C@@H]1[C@@H]2CC[C@]2(C)C(c3cccnc3)=CC[C@@H]12.C[C@]12CCN(C=O)C1CC[C@@H]1[C@@H]2CC[C@]2(C)C(c3cccnc3)=CC[C@@H]12. The number of methoxy groups -OCH3 is 1. The van der Waals surface area contributed by atoms with Crippen LogP contribution in [0.3, 0.4) is 0 Å². The molecule has 4 aliphatic heterocycles. The second-order valence-electron chi connectivity index (χ2n) is 40.9. The standard InChI is InChI=1S/C26H34N2O.C25H34N2O.C24H32N2O2.C23H30N2O/c1-25-12-11-22-19(21(25)9-8-20(25)18-4-3-14-27-16-18)7-10-23-26(22,2)13-15-28(23)24(29)17-5-6-17;1-4-23(28)27-15-13-25(3)21-11-12-24(2)19(17-6-5-14-26-16-17)8-9-20(24)18(21)7-10-22(25)27;1-23-11-10-20-17(19(23)8-7-18(23)16-5-4-13-25-15-16)6-9-21-24(20,2)12-14-26(21)22(27)28-3;1-22-10-9-20-17(5-8-21-23(20,2)11-13-25(21)15-26)19(22)7-6-18(22)16-4-3-12-24-14-16/h3-4,8,14,16-17,19,21-23H,5-7,9-13,15H2,1-2H3;5-6,8,14,16,18,20-22H,4,7,9-13,15H2,1-3H3;4-5,7,13,15,17,19-21H,6,8-12,14H2,1-3H3;3-4,6,12,14-15,17,19-21H,5,7-11,13H2,1-2H3/t19-,21-,22-,23?,25+,26+;18-,20-,21-,22?,24+,25+;17-,19-,20-,21?,23+,24+;17-,19-,20-,21?,22+,23+/m0000/s1. The molecule has 0 radical (unpaired) electrons. The zero-order valence-corrected chi connectivity index (χ0v) is 69.0. The minimum atomic E-state index is -0.130. The average Bonchev–Trinajstić information content (AvgIpc) is 1.60. The van der Waals surface area contributed by atoms with Gasteiger partial charge in [-0.15, -0.1) is 0 Å². The van der Waals surface area contributed by atoms with E-state index >= 15 is 0 Å². The van der Waals surface area contributed by atoms with Crippen LogP contribution in [0.2, 0.25) is 0 Å². The van der Waals surface area contributed by atoms with Crippen molar-refractivity contribution < 1.29 is 23.9 Å². The molecule has 4 amide bonds. The van der Waals surface area contributed by atoms with Gasteiger partial charge in [0.05, 0.1) is 7.11 Å². The van der Waals surface area contributed by atoms with E-state index in [1.807, 2.05) is 49.0 Å². The Morgan fingerprint density at radius 2 is 0.712 bits per heavy atom. The van der Waals surface area contributed by atoms with Gasteiger partial charge in [-0.2, -0.15) is 0 Å². The van der Waals surface area contributed by atoms with Gasteiger partial charge in [0.25, 0.3) is 0 Å². The molecule has 111 heavy (non-hydrogen) atoms. The molecule has 13 nitrogen and oxygen atoms in total. The molecule has 13 aliphatic carbocycles. The Kier molecular flexibility index (Phi) is 19.5. The van der Waals surface area contributed by atoms with Crippen LogP contribution in [0.4, 0.5) is 4.79 Å². The van der Waals surface area contributed by atoms with Crippen LogP contribution < -0.4 is 0 Å². The van der Waals surface area contributed by atoms with Crippen LogP contribution >= 0.6 is 0 Å². The summed E-state index contributed by atoms with van der Waals surface area (Å²) >= 11 is 0. The molecule has 4 aromatic heterocycles. The summed E-state index contributed by atoms with van der Waals surface area (Å²) < 4.78 is 5.09. The van der Waals surface area contributed by atoms with E-state index in [1.54, 1.807) is 16.7 Å². The summed E-state index contributed by atoms with van der Waals surface area (Å²) in [5.41, 5.74) is 13.9. The fourth-order valence-electron chi connectivity index (χ4n) is 31.2. The molecule has 0 spiro atoms. The predicted molar refractivity (Wildman–Crippen MR) is 440 cm³/mol. The van der Waals surface area contributed by atoms with Crippen molar-refractivity contribution in [3.8, 4) is 0 Å². The molecule has 4 unspecified atom stereocenters. The van der Waals surface area contributed by atoms with E-state index in [4.69, 9.17) is 4.74 Å². The van der Waals surface area contributed by atoms with Crippen molar-refractivity contribution in [2.45, 2.75) is 260 Å². The molecule has 8 heterocycles. The third kappa shape index (κ3) is 11.9. The number of carbonyl (C=O) groups excluding carboxylic acids is 4. The third-order valence-electron chi connectivity index (χ3n) is 37.0. The number of nitrogens with zero attached hydrogens (tertiary/aromatic N) is 8. The fraction of sp³-hybridized carbons (Fsp3) is 0.673. The van der Waals surface area contributed by atoms with Crippen LogP contribution in [0.5, 0.6) is 0 Å². The van der Waals surface area contributed by atoms with Crippen LogP contribution in [0, 0.1) is 120 Å². The zero-order chi connectivity index (χ0) is 76.8. The number of carbonyl (C=O) groups is 4. The Morgan fingerprint density at radius 3 is 1.04 bits per heavy atom. The average molecular weight is 1500 g/mol. The summed E-state index contributed by atoms with van der Waals surface area (Å²) in [7, 11) is 1.51. The zero-order valence-electron chi connectivity index (χ0n) is 69.0.